The van der Waals surface area contributed by atoms with Crippen LogP contribution in [0.5, 0.6) is 5.75 Å². The van der Waals surface area contributed by atoms with E-state index in [0.717, 1.165) is 6.42 Å². The summed E-state index contributed by atoms with van der Waals surface area (Å²) < 4.78 is 10.0. The second-order valence-corrected chi connectivity index (χ2v) is 3.06. The van der Waals surface area contributed by atoms with Crippen LogP contribution in [0.4, 0.5) is 5.69 Å². The minimum absolute atomic E-state index is 0.299. The first-order valence-electron chi connectivity index (χ1n) is 4.80. The molecule has 0 radical (unpaired) electrons. The van der Waals surface area contributed by atoms with Gasteiger partial charge in [0, 0.05) is 5.69 Å². The van der Waals surface area contributed by atoms with E-state index in [0.29, 0.717) is 23.6 Å². The van der Waals surface area contributed by atoms with Gasteiger partial charge in [-0.2, -0.15) is 0 Å². The van der Waals surface area contributed by atoms with E-state index in [-0.39, 0.29) is 0 Å². The highest BCUT2D eigenvalue weighted by Crippen LogP contribution is 2.25. The number of rotatable bonds is 4. The molecule has 4 heteroatoms. The smallest absolute Gasteiger partial charge is 0.343 e. The molecule has 0 aliphatic carbocycles. The Bertz CT molecular complexity index is 350. The summed E-state index contributed by atoms with van der Waals surface area (Å²) in [6.45, 7) is 2.54. The predicted octanol–water partition coefficient (Wildman–Crippen LogP) is 1.84. The number of methoxy groups -OCH3 is 1. The molecule has 0 aromatic heterocycles. The summed E-state index contributed by atoms with van der Waals surface area (Å²) in [5.41, 5.74) is 6.36. The number of nitrogen functional groups attached to an aromatic ring is 1. The number of carbonyl (C=O) groups is 1. The van der Waals surface area contributed by atoms with E-state index in [1.165, 1.54) is 7.11 Å². The van der Waals surface area contributed by atoms with Crippen molar-refractivity contribution in [3.63, 3.8) is 0 Å². The van der Waals surface area contributed by atoms with Crippen LogP contribution in [0, 0.1) is 0 Å². The van der Waals surface area contributed by atoms with Crippen molar-refractivity contribution in [3.05, 3.63) is 23.8 Å². The fourth-order valence-electron chi connectivity index (χ4n) is 1.20. The second-order valence-electron chi connectivity index (χ2n) is 3.06. The average Bonchev–Trinajstić information content (AvgIpc) is 2.25. The van der Waals surface area contributed by atoms with Gasteiger partial charge >= 0.3 is 5.97 Å². The third-order valence-corrected chi connectivity index (χ3v) is 1.91. The largest absolute Gasteiger partial charge is 0.493 e. The van der Waals surface area contributed by atoms with Crippen molar-refractivity contribution in [2.45, 2.75) is 13.3 Å². The summed E-state index contributed by atoms with van der Waals surface area (Å²) in [4.78, 5) is 11.4. The minimum Gasteiger partial charge on any atom is -0.493 e. The summed E-state index contributed by atoms with van der Waals surface area (Å²) >= 11 is 0. The van der Waals surface area contributed by atoms with Crippen LogP contribution < -0.4 is 10.5 Å². The number of anilines is 1. The van der Waals surface area contributed by atoms with Crippen LogP contribution in [0.2, 0.25) is 0 Å². The number of carbonyl (C=O) groups excluding carboxylic acids is 1. The number of nitrogens with two attached hydrogens (primary N) is 1. The van der Waals surface area contributed by atoms with Crippen molar-refractivity contribution in [1.29, 1.82) is 0 Å². The standard InChI is InChI=1S/C11H15NO3/c1-3-7-15-9-6-4-5-8(12)10(9)11(13)14-2/h4-6H,3,7,12H2,1-2H3. The molecule has 0 bridgehead atoms. The Morgan fingerprint density at radius 2 is 2.20 bits per heavy atom. The van der Waals surface area contributed by atoms with E-state index in [1.807, 2.05) is 6.92 Å². The molecule has 1 aromatic carbocycles. The Hall–Kier alpha value is -1.71. The highest BCUT2D eigenvalue weighted by Gasteiger charge is 2.16. The fourth-order valence-corrected chi connectivity index (χ4v) is 1.20. The van der Waals surface area contributed by atoms with Crippen molar-refractivity contribution < 1.29 is 14.3 Å². The van der Waals surface area contributed by atoms with Gasteiger partial charge in [0.15, 0.2) is 0 Å². The number of ether oxygens (including phenoxy) is 2. The van der Waals surface area contributed by atoms with Gasteiger partial charge in [-0.05, 0) is 18.6 Å². The van der Waals surface area contributed by atoms with E-state index < -0.39 is 5.97 Å². The molecule has 0 fully saturated rings. The van der Waals surface area contributed by atoms with Crippen molar-refractivity contribution >= 4 is 11.7 Å². The maximum absolute atomic E-state index is 11.4. The molecule has 4 nitrogen and oxygen atoms in total. The molecule has 0 atom stereocenters. The van der Waals surface area contributed by atoms with E-state index >= 15 is 0 Å². The molecular weight excluding hydrogens is 194 g/mol. The van der Waals surface area contributed by atoms with Gasteiger partial charge in [-0.1, -0.05) is 13.0 Å². The molecule has 0 amide bonds. The van der Waals surface area contributed by atoms with Crippen LogP contribution in [-0.2, 0) is 4.74 Å². The number of esters is 1. The van der Waals surface area contributed by atoms with Gasteiger partial charge in [0.1, 0.15) is 11.3 Å². The second kappa shape index (κ2) is 5.24. The normalized spacial score (nSPS) is 9.73. The molecule has 1 rings (SSSR count). The van der Waals surface area contributed by atoms with E-state index in [9.17, 15) is 4.79 Å². The summed E-state index contributed by atoms with van der Waals surface area (Å²) in [5, 5.41) is 0. The highest BCUT2D eigenvalue weighted by atomic mass is 16.5. The molecule has 0 spiro atoms. The van der Waals surface area contributed by atoms with Crippen LogP contribution in [0.3, 0.4) is 0 Å². The lowest BCUT2D eigenvalue weighted by atomic mass is 10.1. The summed E-state index contributed by atoms with van der Waals surface area (Å²) in [6, 6.07) is 5.09. The van der Waals surface area contributed by atoms with Gasteiger partial charge in [0.05, 0.1) is 13.7 Å². The molecule has 0 aliphatic heterocycles. The van der Waals surface area contributed by atoms with Gasteiger partial charge in [-0.3, -0.25) is 0 Å². The monoisotopic (exact) mass is 209 g/mol. The van der Waals surface area contributed by atoms with Crippen LogP contribution >= 0.6 is 0 Å². The SMILES string of the molecule is CCCOc1cccc(N)c1C(=O)OC. The molecule has 1 aromatic rings. The first kappa shape index (κ1) is 11.4. The zero-order chi connectivity index (χ0) is 11.3. The Morgan fingerprint density at radius 3 is 2.80 bits per heavy atom. The highest BCUT2D eigenvalue weighted by molar-refractivity contribution is 5.98. The molecule has 82 valence electrons. The number of hydrogen-bond donors (Lipinski definition) is 1. The molecule has 0 saturated heterocycles. The van der Waals surface area contributed by atoms with Gasteiger partial charge in [-0.15, -0.1) is 0 Å². The van der Waals surface area contributed by atoms with Gasteiger partial charge in [-0.25, -0.2) is 4.79 Å². The Kier molecular flexibility index (Phi) is 3.97. The molecule has 0 aliphatic rings. The Labute approximate surface area is 89.0 Å². The first-order chi connectivity index (χ1) is 7.20. The van der Waals surface area contributed by atoms with Crippen molar-refractivity contribution in [2.75, 3.05) is 19.5 Å². The molecule has 0 unspecified atom stereocenters. The van der Waals surface area contributed by atoms with Gasteiger partial charge in [0.25, 0.3) is 0 Å². The summed E-state index contributed by atoms with van der Waals surface area (Å²) in [6.07, 6.45) is 0.870. The first-order valence-corrected chi connectivity index (χ1v) is 4.80. The molecule has 15 heavy (non-hydrogen) atoms. The number of benzene rings is 1. The van der Waals surface area contributed by atoms with E-state index in [1.54, 1.807) is 18.2 Å². The van der Waals surface area contributed by atoms with Gasteiger partial charge in [0.2, 0.25) is 0 Å². The van der Waals surface area contributed by atoms with Crippen LogP contribution in [0.1, 0.15) is 23.7 Å². The van der Waals surface area contributed by atoms with Crippen LogP contribution in [0.15, 0.2) is 18.2 Å². The zero-order valence-corrected chi connectivity index (χ0v) is 8.95. The van der Waals surface area contributed by atoms with Crippen LogP contribution in [0.25, 0.3) is 0 Å². The maximum atomic E-state index is 11.4. The lowest BCUT2D eigenvalue weighted by Crippen LogP contribution is -2.09. The average molecular weight is 209 g/mol. The molecule has 0 saturated carbocycles. The van der Waals surface area contributed by atoms with E-state index in [4.69, 9.17) is 10.5 Å². The van der Waals surface area contributed by atoms with Crippen molar-refractivity contribution in [2.24, 2.45) is 0 Å². The zero-order valence-electron chi connectivity index (χ0n) is 8.95. The van der Waals surface area contributed by atoms with Crippen molar-refractivity contribution in [1.82, 2.24) is 0 Å². The van der Waals surface area contributed by atoms with Crippen LogP contribution in [-0.4, -0.2) is 19.7 Å². The van der Waals surface area contributed by atoms with Crippen molar-refractivity contribution in [3.8, 4) is 5.75 Å². The predicted molar refractivity (Wildman–Crippen MR) is 58.0 cm³/mol. The lowest BCUT2D eigenvalue weighted by molar-refractivity contribution is 0.0597. The lowest BCUT2D eigenvalue weighted by Gasteiger charge is -2.11. The Morgan fingerprint density at radius 1 is 1.47 bits per heavy atom. The quantitative estimate of drug-likeness (QED) is 0.607. The molecule has 0 heterocycles. The van der Waals surface area contributed by atoms with Gasteiger partial charge < -0.3 is 15.2 Å². The number of hydrogen-bond acceptors (Lipinski definition) is 4. The topological polar surface area (TPSA) is 61.5 Å². The maximum Gasteiger partial charge on any atom is 0.343 e. The summed E-state index contributed by atoms with van der Waals surface area (Å²) in [5.74, 6) is 0.00269. The minimum atomic E-state index is -0.473. The molecule has 2 N–H and O–H groups in total. The fraction of sp³-hybridized carbons (Fsp3) is 0.364. The van der Waals surface area contributed by atoms with E-state index in [2.05, 4.69) is 4.74 Å². The Balaban J connectivity index is 3.03. The third-order valence-electron chi connectivity index (χ3n) is 1.91. The molecular formula is C11H15NO3. The third kappa shape index (κ3) is 2.62. The summed E-state index contributed by atoms with van der Waals surface area (Å²) in [7, 11) is 1.32.